The zero-order valence-electron chi connectivity index (χ0n) is 19.1. The maximum absolute atomic E-state index is 13.8. The number of carbonyl (C=O) groups excluding carboxylic acids is 2. The summed E-state index contributed by atoms with van der Waals surface area (Å²) in [6.07, 6.45) is 1.88. The number of benzene rings is 2. The van der Waals surface area contributed by atoms with Crippen LogP contribution in [0.1, 0.15) is 21.5 Å². The minimum atomic E-state index is -0.603. The molecule has 35 heavy (non-hydrogen) atoms. The molecule has 0 aliphatic carbocycles. The fraction of sp³-hybridized carbons (Fsp3) is 0.154. The molecule has 0 unspecified atom stereocenters. The third kappa shape index (κ3) is 5.42. The number of ether oxygens (including phenoxy) is 2. The second-order valence-corrected chi connectivity index (χ2v) is 7.83. The Bertz CT molecular complexity index is 1470. The van der Waals surface area contributed by atoms with Crippen molar-refractivity contribution in [1.82, 2.24) is 9.55 Å². The lowest BCUT2D eigenvalue weighted by molar-refractivity contribution is -0.119. The van der Waals surface area contributed by atoms with Gasteiger partial charge in [0.2, 0.25) is 5.91 Å². The molecule has 2 aromatic heterocycles. The molecule has 0 aliphatic rings. The van der Waals surface area contributed by atoms with E-state index in [-0.39, 0.29) is 17.9 Å². The average molecular weight is 475 g/mol. The van der Waals surface area contributed by atoms with Crippen molar-refractivity contribution >= 4 is 28.6 Å². The van der Waals surface area contributed by atoms with E-state index >= 15 is 0 Å². The lowest BCUT2D eigenvalue weighted by Gasteiger charge is -2.13. The van der Waals surface area contributed by atoms with E-state index in [1.807, 2.05) is 0 Å². The van der Waals surface area contributed by atoms with Gasteiger partial charge in [-0.3, -0.25) is 14.6 Å². The first-order valence-corrected chi connectivity index (χ1v) is 10.7. The monoisotopic (exact) mass is 475 g/mol. The van der Waals surface area contributed by atoms with Gasteiger partial charge in [0.25, 0.3) is 5.56 Å². The molecule has 0 spiro atoms. The molecule has 0 bridgehead atoms. The van der Waals surface area contributed by atoms with Crippen molar-refractivity contribution in [3.63, 3.8) is 0 Å². The van der Waals surface area contributed by atoms with E-state index in [4.69, 9.17) is 9.47 Å². The number of halogens is 1. The molecule has 4 rings (SSSR count). The van der Waals surface area contributed by atoms with Crippen LogP contribution in [0, 0.1) is 5.82 Å². The first kappa shape index (κ1) is 23.8. The van der Waals surface area contributed by atoms with Crippen molar-refractivity contribution in [2.75, 3.05) is 19.0 Å². The van der Waals surface area contributed by atoms with Crippen LogP contribution in [0.3, 0.4) is 0 Å². The van der Waals surface area contributed by atoms with E-state index in [1.54, 1.807) is 55.7 Å². The molecule has 178 valence electrons. The zero-order valence-corrected chi connectivity index (χ0v) is 19.1. The summed E-state index contributed by atoms with van der Waals surface area (Å²) < 4.78 is 25.5. The first-order chi connectivity index (χ1) is 16.9. The molecule has 1 amide bonds. The van der Waals surface area contributed by atoms with Crippen LogP contribution < -0.4 is 15.6 Å². The molecule has 0 radical (unpaired) electrons. The Morgan fingerprint density at radius 2 is 1.86 bits per heavy atom. The second kappa shape index (κ2) is 10.3. The lowest BCUT2D eigenvalue weighted by atomic mass is 10.0. The number of aromatic nitrogens is 2. The van der Waals surface area contributed by atoms with Crippen LogP contribution in [0.4, 0.5) is 10.1 Å². The van der Waals surface area contributed by atoms with E-state index in [0.717, 1.165) is 0 Å². The van der Waals surface area contributed by atoms with Crippen molar-refractivity contribution in [1.29, 1.82) is 0 Å². The zero-order chi connectivity index (χ0) is 24.9. The highest BCUT2D eigenvalue weighted by molar-refractivity contribution is 5.94. The molecule has 0 aliphatic heterocycles. The van der Waals surface area contributed by atoms with Gasteiger partial charge in [-0.15, -0.1) is 0 Å². The summed E-state index contributed by atoms with van der Waals surface area (Å²) in [5.74, 6) is -1.46. The van der Waals surface area contributed by atoms with Gasteiger partial charge in [-0.05, 0) is 41.5 Å². The molecule has 0 saturated heterocycles. The number of pyridine rings is 2. The van der Waals surface area contributed by atoms with Gasteiger partial charge in [-0.1, -0.05) is 24.3 Å². The number of fused-ring (bicyclic) bond motifs is 1. The number of esters is 1. The summed E-state index contributed by atoms with van der Waals surface area (Å²) in [5.41, 5.74) is 2.43. The molecular weight excluding hydrogens is 453 g/mol. The highest BCUT2D eigenvalue weighted by Crippen LogP contribution is 2.26. The Hall–Kier alpha value is -4.37. The Morgan fingerprint density at radius 3 is 2.60 bits per heavy atom. The molecule has 1 N–H and O–H groups in total. The number of methoxy groups -OCH3 is 1. The molecule has 8 nitrogen and oxygen atoms in total. The van der Waals surface area contributed by atoms with E-state index in [0.29, 0.717) is 39.8 Å². The highest BCUT2D eigenvalue weighted by atomic mass is 19.1. The van der Waals surface area contributed by atoms with Crippen LogP contribution in [0.2, 0.25) is 0 Å². The molecule has 0 saturated carbocycles. The first-order valence-electron chi connectivity index (χ1n) is 10.7. The molecule has 4 aromatic rings. The van der Waals surface area contributed by atoms with Crippen molar-refractivity contribution in [2.45, 2.75) is 6.42 Å². The maximum Gasteiger partial charge on any atom is 0.343 e. The minimum Gasteiger partial charge on any atom is -0.420 e. The van der Waals surface area contributed by atoms with Gasteiger partial charge in [0, 0.05) is 38.5 Å². The number of anilines is 1. The quantitative estimate of drug-likeness (QED) is 0.411. The van der Waals surface area contributed by atoms with Crippen LogP contribution in [-0.2, 0) is 23.0 Å². The number of carbonyl (C=O) groups is 2. The summed E-state index contributed by atoms with van der Waals surface area (Å²) >= 11 is 0. The highest BCUT2D eigenvalue weighted by Gasteiger charge is 2.16. The van der Waals surface area contributed by atoms with Gasteiger partial charge >= 0.3 is 5.97 Å². The van der Waals surface area contributed by atoms with Crippen LogP contribution in [0.5, 0.6) is 5.75 Å². The fourth-order valence-corrected chi connectivity index (χ4v) is 3.60. The SMILES string of the molecule is COCC(=O)Nc1cc(F)ccc1Cc1cnc2c(OC(=O)c3ccccc3)cc(=O)n(C)c2c1. The number of hydrogen-bond acceptors (Lipinski definition) is 6. The van der Waals surface area contributed by atoms with Crippen molar-refractivity contribution in [3.8, 4) is 5.75 Å². The largest absolute Gasteiger partial charge is 0.420 e. The van der Waals surface area contributed by atoms with Crippen molar-refractivity contribution in [3.05, 3.63) is 99.7 Å². The van der Waals surface area contributed by atoms with Crippen LogP contribution >= 0.6 is 0 Å². The third-order valence-electron chi connectivity index (χ3n) is 5.33. The summed E-state index contributed by atoms with van der Waals surface area (Å²) in [4.78, 5) is 41.5. The van der Waals surface area contributed by atoms with Gasteiger partial charge < -0.3 is 19.4 Å². The van der Waals surface area contributed by atoms with Crippen molar-refractivity contribution in [2.24, 2.45) is 7.05 Å². The van der Waals surface area contributed by atoms with Gasteiger partial charge in [0.05, 0.1) is 11.1 Å². The molecule has 9 heteroatoms. The number of nitrogens with zero attached hydrogens (tertiary/aromatic N) is 2. The standard InChI is InChI=1S/C26H22FN3O5/c1-30-21-11-16(10-18-8-9-19(27)12-20(18)29-23(31)15-34-2)14-28-25(21)22(13-24(30)32)35-26(33)17-6-4-3-5-7-17/h3-9,11-14H,10,15H2,1-2H3,(H,29,31). The minimum absolute atomic E-state index is 0.0535. The predicted octanol–water partition coefficient (Wildman–Crippen LogP) is 3.47. The third-order valence-corrected chi connectivity index (χ3v) is 5.33. The summed E-state index contributed by atoms with van der Waals surface area (Å²) in [6.45, 7) is -0.167. The van der Waals surface area contributed by atoms with Crippen LogP contribution in [0.25, 0.3) is 11.0 Å². The van der Waals surface area contributed by atoms with E-state index < -0.39 is 17.7 Å². The average Bonchev–Trinajstić information content (AvgIpc) is 2.84. The van der Waals surface area contributed by atoms with Gasteiger partial charge in [-0.2, -0.15) is 0 Å². The normalized spacial score (nSPS) is 10.8. The van der Waals surface area contributed by atoms with Crippen LogP contribution in [0.15, 0.2) is 71.7 Å². The molecule has 2 aromatic carbocycles. The van der Waals surface area contributed by atoms with E-state index in [9.17, 15) is 18.8 Å². The van der Waals surface area contributed by atoms with Crippen molar-refractivity contribution < 1.29 is 23.5 Å². The second-order valence-electron chi connectivity index (χ2n) is 7.83. The number of rotatable bonds is 7. The summed E-state index contributed by atoms with van der Waals surface area (Å²) in [5, 5.41) is 2.64. The fourth-order valence-electron chi connectivity index (χ4n) is 3.60. The number of aryl methyl sites for hydroxylation is 1. The number of amides is 1. The number of hydrogen-bond donors (Lipinski definition) is 1. The molecular formula is C26H22FN3O5. The smallest absolute Gasteiger partial charge is 0.343 e. The molecule has 0 fully saturated rings. The Labute approximate surface area is 199 Å². The Kier molecular flexibility index (Phi) is 6.98. The predicted molar refractivity (Wildman–Crippen MR) is 128 cm³/mol. The van der Waals surface area contributed by atoms with Gasteiger partial charge in [-0.25, -0.2) is 9.18 Å². The molecule has 2 heterocycles. The Balaban J connectivity index is 1.68. The van der Waals surface area contributed by atoms with Crippen LogP contribution in [-0.4, -0.2) is 35.1 Å². The van der Waals surface area contributed by atoms with E-state index in [2.05, 4.69) is 10.3 Å². The maximum atomic E-state index is 13.8. The topological polar surface area (TPSA) is 99.5 Å². The van der Waals surface area contributed by atoms with Gasteiger partial charge in [0.15, 0.2) is 5.75 Å². The summed E-state index contributed by atoms with van der Waals surface area (Å²) in [7, 11) is 2.98. The lowest BCUT2D eigenvalue weighted by Crippen LogP contribution is -2.19. The Morgan fingerprint density at radius 1 is 1.09 bits per heavy atom. The number of nitrogens with one attached hydrogen (secondary N) is 1. The summed E-state index contributed by atoms with van der Waals surface area (Å²) in [6, 6.07) is 15.5. The van der Waals surface area contributed by atoms with Gasteiger partial charge in [0.1, 0.15) is 17.9 Å². The molecule has 0 atom stereocenters. The van der Waals surface area contributed by atoms with E-state index in [1.165, 1.54) is 29.9 Å².